The lowest BCUT2D eigenvalue weighted by atomic mass is 10.1. The fourth-order valence-electron chi connectivity index (χ4n) is 1.55. The van der Waals surface area contributed by atoms with Crippen LogP contribution in [0.2, 0.25) is 0 Å². The summed E-state index contributed by atoms with van der Waals surface area (Å²) in [6, 6.07) is 0.607. The summed E-state index contributed by atoms with van der Waals surface area (Å²) in [5.74, 6) is -4.78. The van der Waals surface area contributed by atoms with E-state index in [1.807, 2.05) is 0 Å². The zero-order valence-electron chi connectivity index (χ0n) is 9.08. The Morgan fingerprint density at radius 1 is 1.44 bits per heavy atom. The Morgan fingerprint density at radius 2 is 2.11 bits per heavy atom. The van der Waals surface area contributed by atoms with Gasteiger partial charge in [-0.15, -0.1) is 0 Å². The van der Waals surface area contributed by atoms with Gasteiger partial charge >= 0.3 is 5.97 Å². The van der Waals surface area contributed by atoms with Gasteiger partial charge in [-0.3, -0.25) is 4.79 Å². The summed E-state index contributed by atoms with van der Waals surface area (Å²) in [6.07, 6.45) is 0.966. The fraction of sp³-hybridized carbons (Fsp3) is 0.0909. The highest BCUT2D eigenvalue weighted by Crippen LogP contribution is 2.26. The van der Waals surface area contributed by atoms with Crippen LogP contribution >= 0.6 is 0 Å². The molecule has 5 nitrogen and oxygen atoms in total. The zero-order valence-corrected chi connectivity index (χ0v) is 9.08. The van der Waals surface area contributed by atoms with Gasteiger partial charge in [-0.25, -0.2) is 9.18 Å². The number of ether oxygens (including phenoxy) is 1. The van der Waals surface area contributed by atoms with Gasteiger partial charge in [0.25, 0.3) is 0 Å². The van der Waals surface area contributed by atoms with Crippen molar-refractivity contribution in [3.63, 3.8) is 0 Å². The molecule has 0 saturated carbocycles. The van der Waals surface area contributed by atoms with Gasteiger partial charge < -0.3 is 14.8 Å². The molecule has 0 radical (unpaired) electrons. The molecule has 0 aliphatic carbocycles. The van der Waals surface area contributed by atoms with Crippen LogP contribution < -0.4 is 5.43 Å². The number of nitrogens with one attached hydrogen (secondary N) is 1. The first kappa shape index (κ1) is 12.0. The van der Waals surface area contributed by atoms with Crippen LogP contribution in [0.25, 0.3) is 10.9 Å². The Bertz CT molecular complexity index is 708. The molecule has 0 fully saturated rings. The van der Waals surface area contributed by atoms with Crippen LogP contribution in [0.15, 0.2) is 17.1 Å². The number of aromatic hydroxyl groups is 1. The number of carbonyl (C=O) groups is 1. The molecule has 1 aromatic heterocycles. The number of benzene rings is 1. The maximum atomic E-state index is 13.1. The average molecular weight is 255 g/mol. The van der Waals surface area contributed by atoms with Gasteiger partial charge in [-0.2, -0.15) is 4.39 Å². The van der Waals surface area contributed by atoms with E-state index in [0.717, 1.165) is 13.3 Å². The highest BCUT2D eigenvalue weighted by Gasteiger charge is 2.19. The first-order valence-electron chi connectivity index (χ1n) is 4.78. The van der Waals surface area contributed by atoms with E-state index in [2.05, 4.69) is 9.72 Å². The predicted octanol–water partition coefficient (Wildman–Crippen LogP) is 1.30. The molecular weight excluding hydrogens is 248 g/mol. The van der Waals surface area contributed by atoms with Crippen molar-refractivity contribution in [2.45, 2.75) is 0 Å². The van der Waals surface area contributed by atoms with Gasteiger partial charge in [0.1, 0.15) is 5.56 Å². The molecule has 0 amide bonds. The number of carbonyl (C=O) groups excluding carboxylic acids is 1. The van der Waals surface area contributed by atoms with Crippen molar-refractivity contribution in [3.8, 4) is 5.75 Å². The molecule has 94 valence electrons. The lowest BCUT2D eigenvalue weighted by Gasteiger charge is -2.05. The summed E-state index contributed by atoms with van der Waals surface area (Å²) in [5, 5.41) is 9.01. The molecule has 0 aliphatic heterocycles. The van der Waals surface area contributed by atoms with Crippen molar-refractivity contribution in [1.82, 2.24) is 4.98 Å². The first-order chi connectivity index (χ1) is 8.47. The Hall–Kier alpha value is -2.44. The molecule has 18 heavy (non-hydrogen) atoms. The number of rotatable bonds is 1. The Balaban J connectivity index is 2.88. The van der Waals surface area contributed by atoms with Crippen molar-refractivity contribution in [3.05, 3.63) is 39.7 Å². The van der Waals surface area contributed by atoms with E-state index in [9.17, 15) is 23.5 Å². The molecule has 0 saturated heterocycles. The molecule has 1 heterocycles. The summed E-state index contributed by atoms with van der Waals surface area (Å²) in [6.45, 7) is 0. The second-order valence-corrected chi connectivity index (χ2v) is 3.47. The maximum Gasteiger partial charge on any atom is 0.343 e. The van der Waals surface area contributed by atoms with Crippen LogP contribution in [-0.2, 0) is 4.74 Å². The number of esters is 1. The second-order valence-electron chi connectivity index (χ2n) is 3.47. The van der Waals surface area contributed by atoms with Crippen molar-refractivity contribution in [1.29, 1.82) is 0 Å². The number of aromatic nitrogens is 1. The fourth-order valence-corrected chi connectivity index (χ4v) is 1.55. The number of halogens is 2. The summed E-state index contributed by atoms with van der Waals surface area (Å²) in [5.41, 5.74) is -1.51. The molecule has 0 spiro atoms. The molecule has 0 aliphatic rings. The largest absolute Gasteiger partial charge is 0.503 e. The zero-order chi connectivity index (χ0) is 13.4. The van der Waals surface area contributed by atoms with E-state index in [4.69, 9.17) is 0 Å². The van der Waals surface area contributed by atoms with E-state index in [1.165, 1.54) is 0 Å². The lowest BCUT2D eigenvalue weighted by Crippen LogP contribution is -2.17. The average Bonchev–Trinajstić information content (AvgIpc) is 2.36. The smallest absolute Gasteiger partial charge is 0.343 e. The second kappa shape index (κ2) is 4.10. The molecule has 2 aromatic rings. The monoisotopic (exact) mass is 255 g/mol. The minimum atomic E-state index is -1.47. The van der Waals surface area contributed by atoms with E-state index < -0.39 is 28.8 Å². The number of methoxy groups -OCH3 is 1. The Labute approximate surface area is 98.6 Å². The van der Waals surface area contributed by atoms with Crippen molar-refractivity contribution in [2.75, 3.05) is 7.11 Å². The summed E-state index contributed by atoms with van der Waals surface area (Å²) in [4.78, 5) is 25.4. The molecule has 1 aromatic carbocycles. The maximum absolute atomic E-state index is 13.1. The van der Waals surface area contributed by atoms with E-state index in [1.54, 1.807) is 0 Å². The highest BCUT2D eigenvalue weighted by atomic mass is 19.2. The number of aromatic amines is 1. The number of H-pyrrole nitrogens is 1. The van der Waals surface area contributed by atoms with E-state index in [0.29, 0.717) is 6.07 Å². The Kier molecular flexibility index (Phi) is 2.74. The third-order valence-corrected chi connectivity index (χ3v) is 2.45. The quantitative estimate of drug-likeness (QED) is 0.753. The van der Waals surface area contributed by atoms with Gasteiger partial charge in [0.2, 0.25) is 11.2 Å². The van der Waals surface area contributed by atoms with Crippen LogP contribution in [0.3, 0.4) is 0 Å². The molecule has 0 bridgehead atoms. The molecule has 0 unspecified atom stereocenters. The van der Waals surface area contributed by atoms with Gasteiger partial charge in [0.15, 0.2) is 11.6 Å². The van der Waals surface area contributed by atoms with Gasteiger partial charge in [0, 0.05) is 6.20 Å². The van der Waals surface area contributed by atoms with Crippen LogP contribution in [0.5, 0.6) is 5.75 Å². The molecular formula is C11H7F2NO4. The summed E-state index contributed by atoms with van der Waals surface area (Å²) >= 11 is 0. The topological polar surface area (TPSA) is 79.4 Å². The first-order valence-corrected chi connectivity index (χ1v) is 4.78. The third-order valence-electron chi connectivity index (χ3n) is 2.45. The molecule has 2 rings (SSSR count). The van der Waals surface area contributed by atoms with E-state index >= 15 is 0 Å². The number of pyridine rings is 1. The summed E-state index contributed by atoms with van der Waals surface area (Å²) < 4.78 is 30.5. The minimum Gasteiger partial charge on any atom is -0.503 e. The third kappa shape index (κ3) is 1.60. The number of fused-ring (bicyclic) bond motifs is 1. The highest BCUT2D eigenvalue weighted by molar-refractivity contribution is 5.94. The SMILES string of the molecule is COC(=O)c1c[nH]c2c(O)c(F)c(F)cc2c1=O. The lowest BCUT2D eigenvalue weighted by molar-refractivity contribution is 0.0599. The predicted molar refractivity (Wildman–Crippen MR) is 57.5 cm³/mol. The van der Waals surface area contributed by atoms with Gasteiger partial charge in [-0.1, -0.05) is 0 Å². The number of phenols is 1. The van der Waals surface area contributed by atoms with Crippen LogP contribution in [0, 0.1) is 11.6 Å². The van der Waals surface area contributed by atoms with Crippen molar-refractivity contribution >= 4 is 16.9 Å². The van der Waals surface area contributed by atoms with Crippen molar-refractivity contribution in [2.24, 2.45) is 0 Å². The molecule has 7 heteroatoms. The van der Waals surface area contributed by atoms with Crippen LogP contribution in [0.4, 0.5) is 8.78 Å². The normalized spacial score (nSPS) is 10.6. The van der Waals surface area contributed by atoms with E-state index in [-0.39, 0.29) is 16.5 Å². The van der Waals surface area contributed by atoms with Gasteiger partial charge in [-0.05, 0) is 6.07 Å². The van der Waals surface area contributed by atoms with Crippen LogP contribution in [-0.4, -0.2) is 23.2 Å². The van der Waals surface area contributed by atoms with Crippen LogP contribution in [0.1, 0.15) is 10.4 Å². The number of phenolic OH excluding ortho intramolecular Hbond substituents is 1. The number of hydrogen-bond acceptors (Lipinski definition) is 4. The molecule has 2 N–H and O–H groups in total. The molecule has 0 atom stereocenters. The number of hydrogen-bond donors (Lipinski definition) is 2. The van der Waals surface area contributed by atoms with Crippen molar-refractivity contribution < 1.29 is 23.4 Å². The summed E-state index contributed by atoms with van der Waals surface area (Å²) in [7, 11) is 1.08. The standard InChI is InChI=1S/C11H7F2NO4/c1-18-11(17)5-3-14-8-4(9(5)15)2-6(12)7(13)10(8)16/h2-3,16H,1H3,(H,14,15). The minimum absolute atomic E-state index is 0.286. The Morgan fingerprint density at radius 3 is 2.72 bits per heavy atom. The van der Waals surface area contributed by atoms with Gasteiger partial charge in [0.05, 0.1) is 18.0 Å².